The van der Waals surface area contributed by atoms with Crippen LogP contribution < -0.4 is 20.9 Å². The summed E-state index contributed by atoms with van der Waals surface area (Å²) in [7, 11) is 1.53. The van der Waals surface area contributed by atoms with E-state index in [4.69, 9.17) is 21.4 Å². The molecule has 2 N–H and O–H groups in total. The number of halogens is 1. The minimum absolute atomic E-state index is 0.0802. The summed E-state index contributed by atoms with van der Waals surface area (Å²) in [5, 5.41) is 13.2. The number of methoxy groups -OCH3 is 1. The molecule has 6 nitrogen and oxygen atoms in total. The van der Waals surface area contributed by atoms with E-state index >= 15 is 0 Å². The predicted octanol–water partition coefficient (Wildman–Crippen LogP) is 1.76. The number of hydrogen-bond donors (Lipinski definition) is 2. The summed E-state index contributed by atoms with van der Waals surface area (Å²) >= 11 is 6.03. The highest BCUT2D eigenvalue weighted by Gasteiger charge is 2.09. The number of aromatic nitrogens is 2. The lowest BCUT2D eigenvalue weighted by Gasteiger charge is -2.04. The van der Waals surface area contributed by atoms with Crippen LogP contribution in [0.2, 0.25) is 5.02 Å². The fourth-order valence-electron chi connectivity index (χ4n) is 2.58. The van der Waals surface area contributed by atoms with Gasteiger partial charge in [0.15, 0.2) is 0 Å². The minimum atomic E-state index is -1.07. The Morgan fingerprint density at radius 1 is 1.31 bits per heavy atom. The van der Waals surface area contributed by atoms with Crippen molar-refractivity contribution in [2.24, 2.45) is 0 Å². The molecule has 0 bridgehead atoms. The highest BCUT2D eigenvalue weighted by molar-refractivity contribution is 6.30. The van der Waals surface area contributed by atoms with Crippen LogP contribution in [-0.2, 0) is 0 Å². The third kappa shape index (κ3) is 3.27. The molecule has 0 radical (unpaired) electrons. The maximum Gasteiger partial charge on any atom is 0.335 e. The Bertz CT molecular complexity index is 1160. The molecular formula is C19H15ClN2O4. The van der Waals surface area contributed by atoms with E-state index in [0.29, 0.717) is 32.6 Å². The highest BCUT2D eigenvalue weighted by Crippen LogP contribution is 2.22. The summed E-state index contributed by atoms with van der Waals surface area (Å²) in [5.74, 6) is -0.509. The number of ether oxygens (including phenoxy) is 1. The summed E-state index contributed by atoms with van der Waals surface area (Å²) in [6.07, 6.45) is 1.63. The third-order valence-corrected chi connectivity index (χ3v) is 4.08. The molecule has 0 aliphatic rings. The molecular weight excluding hydrogens is 356 g/mol. The molecule has 26 heavy (non-hydrogen) atoms. The van der Waals surface area contributed by atoms with E-state index in [0.717, 1.165) is 0 Å². The van der Waals surface area contributed by atoms with Gasteiger partial charge in [-0.3, -0.25) is 9.89 Å². The van der Waals surface area contributed by atoms with Crippen LogP contribution in [0, 0.1) is 0 Å². The van der Waals surface area contributed by atoms with Gasteiger partial charge in [-0.15, -0.1) is 0 Å². The molecule has 3 rings (SSSR count). The number of carbonyl (C=O) groups is 1. The van der Waals surface area contributed by atoms with E-state index in [9.17, 15) is 9.59 Å². The Balaban J connectivity index is 2.21. The van der Waals surface area contributed by atoms with Crippen LogP contribution >= 0.6 is 11.6 Å². The van der Waals surface area contributed by atoms with Crippen LogP contribution in [0.25, 0.3) is 18.3 Å². The molecule has 0 aliphatic carbocycles. The van der Waals surface area contributed by atoms with Gasteiger partial charge in [-0.05, 0) is 42.5 Å². The second-order valence-electron chi connectivity index (χ2n) is 5.53. The Labute approximate surface area is 153 Å². The second-order valence-corrected chi connectivity index (χ2v) is 5.97. The van der Waals surface area contributed by atoms with Crippen LogP contribution in [0.5, 0.6) is 5.75 Å². The van der Waals surface area contributed by atoms with Gasteiger partial charge >= 0.3 is 5.97 Å². The SMILES string of the molecule is C=c1[nH]n(-c2cccc(C(=O)O)c2)c(=O)/c1=C/c1cc(Cl)ccc1OC. The molecule has 0 fully saturated rings. The fraction of sp³-hybridized carbons (Fsp3) is 0.0526. The van der Waals surface area contributed by atoms with E-state index in [-0.39, 0.29) is 11.1 Å². The van der Waals surface area contributed by atoms with Gasteiger partial charge in [0.1, 0.15) is 5.75 Å². The minimum Gasteiger partial charge on any atom is -0.496 e. The van der Waals surface area contributed by atoms with Crippen LogP contribution in [-0.4, -0.2) is 28.0 Å². The first-order chi connectivity index (χ1) is 12.4. The molecule has 0 unspecified atom stereocenters. The summed E-state index contributed by atoms with van der Waals surface area (Å²) in [4.78, 5) is 23.9. The predicted molar refractivity (Wildman–Crippen MR) is 99.7 cm³/mol. The smallest absolute Gasteiger partial charge is 0.335 e. The van der Waals surface area contributed by atoms with Gasteiger partial charge in [0.25, 0.3) is 5.56 Å². The molecule has 1 heterocycles. The number of aromatic carboxylic acids is 1. The number of hydrogen-bond acceptors (Lipinski definition) is 3. The maximum atomic E-state index is 12.8. The van der Waals surface area contributed by atoms with E-state index < -0.39 is 5.97 Å². The van der Waals surface area contributed by atoms with Gasteiger partial charge in [-0.25, -0.2) is 9.48 Å². The van der Waals surface area contributed by atoms with Crippen molar-refractivity contribution in [2.45, 2.75) is 0 Å². The molecule has 0 aliphatic heterocycles. The number of carboxylic acid groups (broad SMARTS) is 1. The van der Waals surface area contributed by atoms with Crippen molar-refractivity contribution in [3.63, 3.8) is 0 Å². The second kappa shape index (κ2) is 6.93. The van der Waals surface area contributed by atoms with E-state index in [2.05, 4.69) is 11.7 Å². The number of nitrogens with zero attached hydrogens (tertiary/aromatic N) is 1. The van der Waals surface area contributed by atoms with Crippen LogP contribution in [0.4, 0.5) is 0 Å². The fourth-order valence-corrected chi connectivity index (χ4v) is 2.76. The number of benzene rings is 2. The van der Waals surface area contributed by atoms with Crippen molar-refractivity contribution >= 4 is 30.2 Å². The third-order valence-electron chi connectivity index (χ3n) is 3.85. The maximum absolute atomic E-state index is 12.8. The lowest BCUT2D eigenvalue weighted by Crippen LogP contribution is -2.34. The molecule has 0 saturated carbocycles. The summed E-state index contributed by atoms with van der Waals surface area (Å²) < 4.78 is 6.54. The molecule has 2 aromatic carbocycles. The van der Waals surface area contributed by atoms with Gasteiger partial charge in [0, 0.05) is 10.6 Å². The number of aromatic amines is 1. The van der Waals surface area contributed by atoms with Gasteiger partial charge < -0.3 is 9.84 Å². The molecule has 3 aromatic rings. The number of nitrogens with one attached hydrogen (secondary N) is 1. The first-order valence-electron chi connectivity index (χ1n) is 7.59. The first-order valence-corrected chi connectivity index (χ1v) is 7.97. The zero-order valence-corrected chi connectivity index (χ0v) is 14.6. The number of carboxylic acids is 1. The summed E-state index contributed by atoms with van der Waals surface area (Å²) in [6, 6.07) is 11.1. The van der Waals surface area contributed by atoms with Crippen molar-refractivity contribution in [3.8, 4) is 11.4 Å². The van der Waals surface area contributed by atoms with Crippen molar-refractivity contribution in [1.82, 2.24) is 9.78 Å². The highest BCUT2D eigenvalue weighted by atomic mass is 35.5. The molecule has 0 amide bonds. The Hall–Kier alpha value is -3.25. The zero-order valence-electron chi connectivity index (χ0n) is 13.8. The van der Waals surface area contributed by atoms with E-state index in [1.54, 1.807) is 36.4 Å². The molecule has 0 spiro atoms. The monoisotopic (exact) mass is 370 g/mol. The van der Waals surface area contributed by atoms with Crippen LogP contribution in [0.1, 0.15) is 15.9 Å². The standard InChI is InChI=1S/C19H15ClN2O4/c1-11-16(10-13-8-14(20)6-7-17(13)26-2)18(23)22(21-11)15-5-3-4-12(9-15)19(24)25/h3-10,21H,1H2,2H3,(H,24,25)/b16-10+. The quantitative estimate of drug-likeness (QED) is 0.733. The number of H-pyrrole nitrogens is 1. The summed E-state index contributed by atoms with van der Waals surface area (Å²) in [6.45, 7) is 3.86. The zero-order chi connectivity index (χ0) is 18.8. The van der Waals surface area contributed by atoms with Crippen molar-refractivity contribution in [3.05, 3.63) is 79.5 Å². The van der Waals surface area contributed by atoms with Gasteiger partial charge in [-0.1, -0.05) is 24.2 Å². The van der Waals surface area contributed by atoms with Crippen molar-refractivity contribution < 1.29 is 14.6 Å². The van der Waals surface area contributed by atoms with Crippen LogP contribution in [0.3, 0.4) is 0 Å². The van der Waals surface area contributed by atoms with Crippen molar-refractivity contribution in [2.75, 3.05) is 7.11 Å². The normalized spacial score (nSPS) is 11.5. The molecule has 132 valence electrons. The van der Waals surface area contributed by atoms with E-state index in [1.807, 2.05) is 0 Å². The van der Waals surface area contributed by atoms with Crippen LogP contribution in [0.15, 0.2) is 47.3 Å². The number of rotatable bonds is 4. The molecule has 0 atom stereocenters. The topological polar surface area (TPSA) is 84.3 Å². The largest absolute Gasteiger partial charge is 0.496 e. The van der Waals surface area contributed by atoms with E-state index in [1.165, 1.54) is 23.9 Å². The van der Waals surface area contributed by atoms with Crippen molar-refractivity contribution in [1.29, 1.82) is 0 Å². The lowest BCUT2D eigenvalue weighted by atomic mass is 10.1. The molecule has 7 heteroatoms. The molecule has 0 saturated heterocycles. The summed E-state index contributed by atoms with van der Waals surface area (Å²) in [5.41, 5.74) is 0.751. The lowest BCUT2D eigenvalue weighted by molar-refractivity contribution is 0.0697. The Morgan fingerprint density at radius 2 is 2.08 bits per heavy atom. The Morgan fingerprint density at radius 3 is 2.77 bits per heavy atom. The van der Waals surface area contributed by atoms with Gasteiger partial charge in [-0.2, -0.15) is 0 Å². The first kappa shape index (κ1) is 17.6. The average Bonchev–Trinajstić information content (AvgIpc) is 2.90. The molecule has 1 aromatic heterocycles. The Kier molecular flexibility index (Phi) is 4.69. The van der Waals surface area contributed by atoms with Gasteiger partial charge in [0.05, 0.1) is 28.9 Å². The average molecular weight is 371 g/mol. The van der Waals surface area contributed by atoms with Gasteiger partial charge in [0.2, 0.25) is 0 Å².